The lowest BCUT2D eigenvalue weighted by atomic mass is 10.2. The monoisotopic (exact) mass is 482 g/mol. The van der Waals surface area contributed by atoms with E-state index in [4.69, 9.17) is 9.15 Å². The first-order chi connectivity index (χ1) is 16.3. The van der Waals surface area contributed by atoms with Crippen molar-refractivity contribution in [3.05, 3.63) is 78.3 Å². The Labute approximate surface area is 196 Å². The van der Waals surface area contributed by atoms with Crippen molar-refractivity contribution in [3.8, 4) is 0 Å². The summed E-state index contributed by atoms with van der Waals surface area (Å²) in [6.45, 7) is 0.0244. The van der Waals surface area contributed by atoms with Crippen molar-refractivity contribution in [2.75, 3.05) is 23.4 Å². The minimum atomic E-state index is -3.70. The number of amides is 2. The van der Waals surface area contributed by atoms with Crippen LogP contribution in [0.25, 0.3) is 0 Å². The topological polar surface area (TPSA) is 123 Å². The first-order valence-corrected chi connectivity index (χ1v) is 12.2. The number of hydrogen-bond donors (Lipinski definition) is 1. The minimum absolute atomic E-state index is 0.0286. The van der Waals surface area contributed by atoms with Gasteiger partial charge in [-0.3, -0.25) is 9.59 Å². The number of rotatable bonds is 8. The van der Waals surface area contributed by atoms with Gasteiger partial charge in [0.05, 0.1) is 16.9 Å². The second-order valence-electron chi connectivity index (χ2n) is 7.67. The summed E-state index contributed by atoms with van der Waals surface area (Å²) in [5.74, 6) is -2.24. The molecule has 9 nitrogen and oxygen atoms in total. The van der Waals surface area contributed by atoms with Crippen LogP contribution in [0.5, 0.6) is 0 Å². The molecule has 176 valence electrons. The van der Waals surface area contributed by atoms with Gasteiger partial charge in [-0.2, -0.15) is 0 Å². The lowest BCUT2D eigenvalue weighted by molar-refractivity contribution is -0.119. The van der Waals surface area contributed by atoms with Gasteiger partial charge in [0, 0.05) is 29.9 Å². The summed E-state index contributed by atoms with van der Waals surface area (Å²) in [5.41, 5.74) is 1.26. The van der Waals surface area contributed by atoms with E-state index in [1.54, 1.807) is 47.4 Å². The number of carbonyl (C=O) groups is 3. The molecule has 0 unspecified atom stereocenters. The van der Waals surface area contributed by atoms with E-state index in [-0.39, 0.29) is 22.1 Å². The Morgan fingerprint density at radius 2 is 1.85 bits per heavy atom. The maximum Gasteiger partial charge on any atom is 0.375 e. The van der Waals surface area contributed by atoms with E-state index in [0.717, 1.165) is 6.42 Å². The van der Waals surface area contributed by atoms with Gasteiger partial charge in [0.1, 0.15) is 0 Å². The van der Waals surface area contributed by atoms with Crippen molar-refractivity contribution < 1.29 is 32.0 Å². The maximum absolute atomic E-state index is 12.6. The summed E-state index contributed by atoms with van der Waals surface area (Å²) < 4.78 is 35.4. The highest BCUT2D eigenvalue weighted by atomic mass is 32.2. The van der Waals surface area contributed by atoms with Crippen LogP contribution < -0.4 is 10.2 Å². The van der Waals surface area contributed by atoms with Crippen molar-refractivity contribution in [2.45, 2.75) is 23.5 Å². The fraction of sp³-hybridized carbons (Fsp3) is 0.208. The smallest absolute Gasteiger partial charge is 0.375 e. The van der Waals surface area contributed by atoms with Crippen LogP contribution in [-0.4, -0.2) is 39.4 Å². The van der Waals surface area contributed by atoms with Crippen LogP contribution in [-0.2, 0) is 29.9 Å². The van der Waals surface area contributed by atoms with E-state index in [9.17, 15) is 22.8 Å². The molecule has 2 aromatic carbocycles. The molecule has 1 N–H and O–H groups in total. The van der Waals surface area contributed by atoms with Gasteiger partial charge in [-0.25, -0.2) is 13.2 Å². The van der Waals surface area contributed by atoms with Crippen molar-refractivity contribution in [2.24, 2.45) is 0 Å². The molecule has 1 aliphatic rings. The molecule has 0 radical (unpaired) electrons. The maximum atomic E-state index is 12.6. The molecule has 1 aliphatic heterocycles. The molecule has 2 heterocycles. The average Bonchev–Trinajstić information content (AvgIpc) is 3.46. The van der Waals surface area contributed by atoms with Gasteiger partial charge in [-0.05, 0) is 42.8 Å². The van der Waals surface area contributed by atoms with E-state index in [1.165, 1.54) is 24.5 Å². The Bertz CT molecular complexity index is 1320. The zero-order valence-electron chi connectivity index (χ0n) is 18.1. The average molecular weight is 483 g/mol. The van der Waals surface area contributed by atoms with Crippen LogP contribution in [0.1, 0.15) is 29.0 Å². The summed E-state index contributed by atoms with van der Waals surface area (Å²) in [6.07, 6.45) is 2.47. The minimum Gasteiger partial charge on any atom is -0.457 e. The Hall–Kier alpha value is -3.92. The number of nitrogens with one attached hydrogen (secondary N) is 1. The number of ether oxygens (including phenoxy) is 1. The van der Waals surface area contributed by atoms with Crippen LogP contribution in [0.4, 0.5) is 11.4 Å². The zero-order valence-corrected chi connectivity index (χ0v) is 18.9. The van der Waals surface area contributed by atoms with E-state index in [2.05, 4.69) is 5.32 Å². The quantitative estimate of drug-likeness (QED) is 0.489. The van der Waals surface area contributed by atoms with E-state index in [0.29, 0.717) is 24.3 Å². The summed E-state index contributed by atoms with van der Waals surface area (Å²) in [4.78, 5) is 38.4. The van der Waals surface area contributed by atoms with Crippen molar-refractivity contribution >= 4 is 39.0 Å². The molecule has 1 fully saturated rings. The zero-order chi connectivity index (χ0) is 24.1. The van der Waals surface area contributed by atoms with Crippen molar-refractivity contribution in [1.82, 2.24) is 0 Å². The SMILES string of the molecule is O=C(COC(=O)c1occc1CS(=O)(=O)c1ccccc1)Nc1cccc(N2CCCC2=O)c1. The predicted octanol–water partition coefficient (Wildman–Crippen LogP) is 3.18. The molecule has 0 spiro atoms. The number of furan rings is 1. The van der Waals surface area contributed by atoms with Crippen LogP contribution in [0.15, 0.2) is 76.2 Å². The molecule has 1 aromatic heterocycles. The Morgan fingerprint density at radius 3 is 2.59 bits per heavy atom. The van der Waals surface area contributed by atoms with Gasteiger partial charge >= 0.3 is 5.97 Å². The van der Waals surface area contributed by atoms with Crippen molar-refractivity contribution in [1.29, 1.82) is 0 Å². The molecule has 3 aromatic rings. The lowest BCUT2D eigenvalue weighted by Gasteiger charge is -2.16. The molecule has 0 atom stereocenters. The number of sulfone groups is 1. The molecule has 4 rings (SSSR count). The first kappa shape index (κ1) is 23.2. The van der Waals surface area contributed by atoms with E-state index < -0.39 is 34.1 Å². The van der Waals surface area contributed by atoms with E-state index in [1.807, 2.05) is 0 Å². The van der Waals surface area contributed by atoms with Crippen LogP contribution in [0.3, 0.4) is 0 Å². The first-order valence-electron chi connectivity index (χ1n) is 10.5. The number of esters is 1. The highest BCUT2D eigenvalue weighted by Crippen LogP contribution is 2.24. The van der Waals surface area contributed by atoms with Crippen molar-refractivity contribution in [3.63, 3.8) is 0 Å². The molecule has 0 bridgehead atoms. The van der Waals surface area contributed by atoms with Crippen LogP contribution in [0.2, 0.25) is 0 Å². The van der Waals surface area contributed by atoms with Gasteiger partial charge in [0.25, 0.3) is 5.91 Å². The number of nitrogens with zero attached hydrogens (tertiary/aromatic N) is 1. The summed E-state index contributed by atoms with van der Waals surface area (Å²) in [6, 6.07) is 16.0. The molecule has 34 heavy (non-hydrogen) atoms. The number of benzene rings is 2. The fourth-order valence-corrected chi connectivity index (χ4v) is 4.99. The lowest BCUT2D eigenvalue weighted by Crippen LogP contribution is -2.24. The van der Waals surface area contributed by atoms with Crippen LogP contribution in [0, 0.1) is 0 Å². The summed E-state index contributed by atoms with van der Waals surface area (Å²) in [5, 5.41) is 2.62. The highest BCUT2D eigenvalue weighted by Gasteiger charge is 2.24. The van der Waals surface area contributed by atoms with Gasteiger partial charge < -0.3 is 19.4 Å². The second kappa shape index (κ2) is 9.92. The standard InChI is InChI=1S/C24H22N2O7S/c27-21(25-18-6-4-7-19(14-18)26-12-5-10-22(26)28)15-33-24(29)23-17(11-13-32-23)16-34(30,31)20-8-2-1-3-9-20/h1-4,6-9,11,13-14H,5,10,12,15-16H2,(H,25,27). The largest absolute Gasteiger partial charge is 0.457 e. The molecule has 10 heteroatoms. The Morgan fingerprint density at radius 1 is 1.06 bits per heavy atom. The predicted molar refractivity (Wildman–Crippen MR) is 123 cm³/mol. The molecule has 1 saturated heterocycles. The third kappa shape index (κ3) is 5.34. The molecule has 0 aliphatic carbocycles. The third-order valence-corrected chi connectivity index (χ3v) is 6.91. The number of hydrogen-bond acceptors (Lipinski definition) is 7. The van der Waals surface area contributed by atoms with Gasteiger partial charge in [-0.1, -0.05) is 24.3 Å². The Kier molecular flexibility index (Phi) is 6.78. The van der Waals surface area contributed by atoms with Gasteiger partial charge in [-0.15, -0.1) is 0 Å². The highest BCUT2D eigenvalue weighted by molar-refractivity contribution is 7.90. The Balaban J connectivity index is 1.35. The van der Waals surface area contributed by atoms with Crippen LogP contribution >= 0.6 is 0 Å². The number of anilines is 2. The third-order valence-electron chi connectivity index (χ3n) is 5.23. The van der Waals surface area contributed by atoms with Gasteiger partial charge in [0.2, 0.25) is 11.7 Å². The fourth-order valence-electron chi connectivity index (χ4n) is 3.61. The molecular formula is C24H22N2O7S. The summed E-state index contributed by atoms with van der Waals surface area (Å²) in [7, 11) is -3.70. The molecular weight excluding hydrogens is 460 g/mol. The number of carbonyl (C=O) groups excluding carboxylic acids is 3. The van der Waals surface area contributed by atoms with E-state index >= 15 is 0 Å². The molecule has 2 amide bonds. The normalized spacial score (nSPS) is 13.6. The summed E-state index contributed by atoms with van der Waals surface area (Å²) >= 11 is 0. The van der Waals surface area contributed by atoms with Gasteiger partial charge in [0.15, 0.2) is 16.4 Å². The molecule has 0 saturated carbocycles. The second-order valence-corrected chi connectivity index (χ2v) is 9.66.